The van der Waals surface area contributed by atoms with Crippen LogP contribution in [0.4, 0.5) is 10.5 Å². The van der Waals surface area contributed by atoms with Crippen molar-refractivity contribution in [3.05, 3.63) is 93.1 Å². The number of furan rings is 1. The second-order valence-electron chi connectivity index (χ2n) is 7.57. The molecule has 0 unspecified atom stereocenters. The average Bonchev–Trinajstić information content (AvgIpc) is 3.44. The fraction of sp³-hybridized carbons (Fsp3) is 0.125. The average molecular weight is 493 g/mol. The van der Waals surface area contributed by atoms with Gasteiger partial charge in [-0.25, -0.2) is 9.59 Å². The van der Waals surface area contributed by atoms with E-state index in [2.05, 4.69) is 5.32 Å². The van der Waals surface area contributed by atoms with Crippen LogP contribution in [0.15, 0.2) is 64.7 Å². The third-order valence-corrected chi connectivity index (χ3v) is 5.19. The number of ether oxygens (including phenoxy) is 2. The maximum Gasteiger partial charge on any atom is 0.371 e. The molecule has 12 nitrogen and oxygen atoms in total. The number of carbonyl (C=O) groups excluding carboxylic acids is 2. The molecule has 2 aromatic carbocycles. The first-order valence-corrected chi connectivity index (χ1v) is 10.5. The van der Waals surface area contributed by atoms with Gasteiger partial charge in [0.25, 0.3) is 11.6 Å². The number of aromatic carboxylic acids is 1. The Labute approximate surface area is 203 Å². The Bertz CT molecular complexity index is 1380. The maximum atomic E-state index is 12.8. The summed E-state index contributed by atoms with van der Waals surface area (Å²) in [5.41, 5.74) is 1.06. The first-order chi connectivity index (χ1) is 17.2. The summed E-state index contributed by atoms with van der Waals surface area (Å²) in [6, 6.07) is 12.6. The number of carboxylic acid groups (broad SMARTS) is 1. The molecule has 12 heteroatoms. The minimum atomic E-state index is -1.18. The summed E-state index contributed by atoms with van der Waals surface area (Å²) in [6.07, 6.45) is 1.48. The predicted molar refractivity (Wildman–Crippen MR) is 123 cm³/mol. The van der Waals surface area contributed by atoms with E-state index in [9.17, 15) is 24.5 Å². The lowest BCUT2D eigenvalue weighted by Crippen LogP contribution is -2.30. The number of hydrogen-bond acceptors (Lipinski definition) is 8. The second-order valence-corrected chi connectivity index (χ2v) is 7.57. The largest absolute Gasteiger partial charge is 0.493 e. The summed E-state index contributed by atoms with van der Waals surface area (Å²) < 4.78 is 16.2. The summed E-state index contributed by atoms with van der Waals surface area (Å²) in [5.74, 6) is -0.925. The number of nitro benzene ring substituents is 1. The van der Waals surface area contributed by atoms with E-state index in [1.807, 2.05) is 0 Å². The SMILES string of the molecule is COc1cc(C=C2NC(=O)N(Cc3ccc([N+](=O)[O-])cc3)C2=O)ccc1OCc1ccc(C(=O)O)o1. The number of imide groups is 1. The molecule has 4 rings (SSSR count). The molecular formula is C24H19N3O9. The summed E-state index contributed by atoms with van der Waals surface area (Å²) in [7, 11) is 1.43. The number of urea groups is 1. The minimum absolute atomic E-state index is 0.0315. The van der Waals surface area contributed by atoms with Crippen LogP contribution < -0.4 is 14.8 Å². The van der Waals surface area contributed by atoms with E-state index in [1.165, 1.54) is 49.6 Å². The minimum Gasteiger partial charge on any atom is -0.493 e. The molecule has 36 heavy (non-hydrogen) atoms. The maximum absolute atomic E-state index is 12.8. The lowest BCUT2D eigenvalue weighted by molar-refractivity contribution is -0.384. The van der Waals surface area contributed by atoms with E-state index >= 15 is 0 Å². The fourth-order valence-corrected chi connectivity index (χ4v) is 3.40. The Hall–Kier alpha value is -5.13. The Morgan fingerprint density at radius 2 is 1.89 bits per heavy atom. The molecule has 2 heterocycles. The topological polar surface area (TPSA) is 161 Å². The monoisotopic (exact) mass is 493 g/mol. The fourth-order valence-electron chi connectivity index (χ4n) is 3.40. The highest BCUT2D eigenvalue weighted by Crippen LogP contribution is 2.30. The highest BCUT2D eigenvalue weighted by atomic mass is 16.6. The van der Waals surface area contributed by atoms with Crippen molar-refractivity contribution in [2.75, 3.05) is 7.11 Å². The van der Waals surface area contributed by atoms with Gasteiger partial charge in [-0.2, -0.15) is 0 Å². The van der Waals surface area contributed by atoms with Gasteiger partial charge in [0.2, 0.25) is 5.76 Å². The van der Waals surface area contributed by atoms with Crippen molar-refractivity contribution >= 4 is 29.7 Å². The smallest absolute Gasteiger partial charge is 0.371 e. The number of methoxy groups -OCH3 is 1. The van der Waals surface area contributed by atoms with Crippen LogP contribution in [-0.2, 0) is 17.9 Å². The Balaban J connectivity index is 1.45. The Kier molecular flexibility index (Phi) is 6.68. The van der Waals surface area contributed by atoms with Crippen LogP contribution in [0.3, 0.4) is 0 Å². The van der Waals surface area contributed by atoms with E-state index in [4.69, 9.17) is 19.0 Å². The number of rotatable bonds is 9. The second kappa shape index (κ2) is 10.0. The van der Waals surface area contributed by atoms with Crippen LogP contribution in [0.5, 0.6) is 11.5 Å². The zero-order valence-corrected chi connectivity index (χ0v) is 18.8. The summed E-state index contributed by atoms with van der Waals surface area (Å²) in [4.78, 5) is 47.3. The van der Waals surface area contributed by atoms with Gasteiger partial charge < -0.3 is 24.3 Å². The number of non-ortho nitro benzene ring substituents is 1. The van der Waals surface area contributed by atoms with Crippen LogP contribution in [0.2, 0.25) is 0 Å². The zero-order chi connectivity index (χ0) is 25.8. The molecule has 0 bridgehead atoms. The van der Waals surface area contributed by atoms with E-state index in [0.717, 1.165) is 4.90 Å². The number of nitrogens with zero attached hydrogens (tertiary/aromatic N) is 2. The highest BCUT2D eigenvalue weighted by molar-refractivity contribution is 6.13. The lowest BCUT2D eigenvalue weighted by Gasteiger charge is -2.11. The standard InChI is InChI=1S/C24H19N3O9/c1-34-21-11-15(4-8-19(21)35-13-17-7-9-20(36-17)23(29)30)10-18-22(28)26(24(31)25-18)12-14-2-5-16(6-3-14)27(32)33/h2-11H,12-13H2,1H3,(H,25,31)(H,29,30). The molecule has 0 atom stereocenters. The predicted octanol–water partition coefficient (Wildman–Crippen LogP) is 3.57. The van der Waals surface area contributed by atoms with Gasteiger partial charge in [0, 0.05) is 12.1 Å². The van der Waals surface area contributed by atoms with Crippen LogP contribution in [0.1, 0.15) is 27.4 Å². The number of benzene rings is 2. The van der Waals surface area contributed by atoms with Crippen molar-refractivity contribution < 1.29 is 38.3 Å². The van der Waals surface area contributed by atoms with Gasteiger partial charge in [-0.1, -0.05) is 18.2 Å². The molecule has 2 N–H and O–H groups in total. The third kappa shape index (κ3) is 5.17. The molecule has 1 aromatic heterocycles. The van der Waals surface area contributed by atoms with Gasteiger partial charge >= 0.3 is 12.0 Å². The van der Waals surface area contributed by atoms with Gasteiger partial charge in [0.1, 0.15) is 18.1 Å². The molecule has 1 aliphatic rings. The van der Waals surface area contributed by atoms with Gasteiger partial charge in [-0.15, -0.1) is 0 Å². The van der Waals surface area contributed by atoms with Gasteiger partial charge in [0.05, 0.1) is 18.6 Å². The van der Waals surface area contributed by atoms with Gasteiger partial charge in [-0.3, -0.25) is 19.8 Å². The van der Waals surface area contributed by atoms with E-state index in [1.54, 1.807) is 18.2 Å². The molecule has 1 saturated heterocycles. The van der Waals surface area contributed by atoms with Crippen LogP contribution in [0.25, 0.3) is 6.08 Å². The van der Waals surface area contributed by atoms with Crippen molar-refractivity contribution in [3.8, 4) is 11.5 Å². The normalized spacial score (nSPS) is 14.1. The van der Waals surface area contributed by atoms with E-state index in [0.29, 0.717) is 28.4 Å². The molecule has 3 amide bonds. The number of nitro groups is 1. The number of nitrogens with one attached hydrogen (secondary N) is 1. The third-order valence-electron chi connectivity index (χ3n) is 5.19. The van der Waals surface area contributed by atoms with Crippen molar-refractivity contribution in [1.82, 2.24) is 10.2 Å². The van der Waals surface area contributed by atoms with Crippen molar-refractivity contribution in [3.63, 3.8) is 0 Å². The Morgan fingerprint density at radius 3 is 2.53 bits per heavy atom. The van der Waals surface area contributed by atoms with Crippen LogP contribution in [0, 0.1) is 10.1 Å². The van der Waals surface area contributed by atoms with Crippen LogP contribution in [-0.4, -0.2) is 39.9 Å². The quantitative estimate of drug-likeness (QED) is 0.196. The number of amides is 3. The van der Waals surface area contributed by atoms with Crippen molar-refractivity contribution in [1.29, 1.82) is 0 Å². The first-order valence-electron chi connectivity index (χ1n) is 10.5. The molecule has 1 fully saturated rings. The lowest BCUT2D eigenvalue weighted by atomic mass is 10.1. The summed E-state index contributed by atoms with van der Waals surface area (Å²) in [6.45, 7) is -0.0807. The molecule has 0 radical (unpaired) electrons. The Morgan fingerprint density at radius 1 is 1.14 bits per heavy atom. The molecule has 0 aliphatic carbocycles. The van der Waals surface area contributed by atoms with Crippen molar-refractivity contribution in [2.24, 2.45) is 0 Å². The molecule has 3 aromatic rings. The first kappa shape index (κ1) is 24.0. The van der Waals surface area contributed by atoms with Gasteiger partial charge in [-0.05, 0) is 41.5 Å². The van der Waals surface area contributed by atoms with Gasteiger partial charge in [0.15, 0.2) is 11.5 Å². The summed E-state index contributed by atoms with van der Waals surface area (Å²) in [5, 5.41) is 22.2. The van der Waals surface area contributed by atoms with Crippen molar-refractivity contribution in [2.45, 2.75) is 13.2 Å². The number of carbonyl (C=O) groups is 3. The number of carboxylic acids is 1. The molecule has 184 valence electrons. The zero-order valence-electron chi connectivity index (χ0n) is 18.8. The van der Waals surface area contributed by atoms with E-state index in [-0.39, 0.29) is 30.3 Å². The number of hydrogen-bond donors (Lipinski definition) is 2. The van der Waals surface area contributed by atoms with Crippen LogP contribution >= 0.6 is 0 Å². The van der Waals surface area contributed by atoms with E-state index < -0.39 is 22.8 Å². The molecular weight excluding hydrogens is 474 g/mol. The molecule has 0 spiro atoms. The molecule has 0 saturated carbocycles. The molecule has 1 aliphatic heterocycles. The summed E-state index contributed by atoms with van der Waals surface area (Å²) >= 11 is 0. The highest BCUT2D eigenvalue weighted by Gasteiger charge is 2.33.